The molecule has 30 heavy (non-hydrogen) atoms. The summed E-state index contributed by atoms with van der Waals surface area (Å²) in [4.78, 5) is 25.5. The molecule has 3 amide bonds. The van der Waals surface area contributed by atoms with Crippen molar-refractivity contribution in [3.63, 3.8) is 0 Å². The maximum atomic E-state index is 12.9. The van der Waals surface area contributed by atoms with Crippen LogP contribution >= 0.6 is 0 Å². The van der Waals surface area contributed by atoms with Crippen molar-refractivity contribution >= 4 is 20.0 Å². The minimum absolute atomic E-state index is 0.160. The molecule has 1 saturated heterocycles. The van der Waals surface area contributed by atoms with Crippen molar-refractivity contribution in [3.05, 3.63) is 35.9 Å². The van der Waals surface area contributed by atoms with Gasteiger partial charge in [-0.3, -0.25) is 4.79 Å². The van der Waals surface area contributed by atoms with Crippen LogP contribution in [0.15, 0.2) is 30.3 Å². The van der Waals surface area contributed by atoms with Crippen LogP contribution in [-0.4, -0.2) is 56.2 Å². The zero-order valence-corrected chi connectivity index (χ0v) is 20.3. The second-order valence-electron chi connectivity index (χ2n) is 9.88. The van der Waals surface area contributed by atoms with Gasteiger partial charge in [-0.2, -0.15) is 0 Å². The second-order valence-corrected chi connectivity index (χ2v) is 15.1. The number of nitrogens with one attached hydrogen (secondary N) is 2. The lowest BCUT2D eigenvalue weighted by atomic mass is 9.95. The number of benzene rings is 1. The fourth-order valence-electron chi connectivity index (χ4n) is 3.30. The van der Waals surface area contributed by atoms with Gasteiger partial charge in [-0.05, 0) is 18.9 Å². The summed E-state index contributed by atoms with van der Waals surface area (Å²) < 4.78 is 12.4. The lowest BCUT2D eigenvalue weighted by Crippen LogP contribution is -2.54. The fraction of sp³-hybridized carbons (Fsp3) is 0.636. The Balaban J connectivity index is 2.34. The van der Waals surface area contributed by atoms with E-state index in [-0.39, 0.29) is 24.4 Å². The maximum absolute atomic E-state index is 12.9. The van der Waals surface area contributed by atoms with E-state index < -0.39 is 25.6 Å². The SMILES string of the molecule is CCOC(O[C@@H]1CN(C(=O)C(C)(C)C)NC(=O)N[C@@H]1Cc1ccccc1)[Si](C)(C)C. The van der Waals surface area contributed by atoms with Crippen LogP contribution in [0.5, 0.6) is 0 Å². The standard InChI is InChI=1S/C22H37N3O4Si/c1-8-28-21(30(5,6)7)29-18-15-25(19(26)22(2,3)4)24-20(27)23-17(18)14-16-12-10-9-11-13-16/h9-13,17-18,21H,8,14-15H2,1-7H3,(H2,23,24,27)/t17-,18-,21?/m1/s1. The molecule has 0 aliphatic carbocycles. The number of ether oxygens (including phenoxy) is 2. The van der Waals surface area contributed by atoms with E-state index in [0.717, 1.165) is 5.56 Å². The van der Waals surface area contributed by atoms with E-state index in [0.29, 0.717) is 13.0 Å². The molecule has 7 nitrogen and oxygen atoms in total. The number of carbonyl (C=O) groups excluding carboxylic acids is 2. The molecule has 1 aromatic carbocycles. The summed E-state index contributed by atoms with van der Waals surface area (Å²) in [7, 11) is -1.81. The molecule has 0 spiro atoms. The van der Waals surface area contributed by atoms with E-state index in [1.54, 1.807) is 0 Å². The van der Waals surface area contributed by atoms with E-state index in [9.17, 15) is 9.59 Å². The minimum Gasteiger partial charge on any atom is -0.357 e. The first-order valence-corrected chi connectivity index (χ1v) is 14.2. The molecule has 0 radical (unpaired) electrons. The number of rotatable bonds is 7. The smallest absolute Gasteiger partial charge is 0.333 e. The Bertz CT molecular complexity index is 715. The number of hydrazine groups is 1. The Labute approximate surface area is 181 Å². The van der Waals surface area contributed by atoms with Crippen molar-refractivity contribution < 1.29 is 19.1 Å². The van der Waals surface area contributed by atoms with Crippen molar-refractivity contribution in [2.45, 2.75) is 71.8 Å². The highest BCUT2D eigenvalue weighted by molar-refractivity contribution is 6.77. The molecule has 168 valence electrons. The summed E-state index contributed by atoms with van der Waals surface area (Å²) in [6.45, 7) is 14.8. The topological polar surface area (TPSA) is 79.9 Å². The summed E-state index contributed by atoms with van der Waals surface area (Å²) in [5.74, 6) is -0.500. The zero-order valence-electron chi connectivity index (χ0n) is 19.3. The third-order valence-electron chi connectivity index (χ3n) is 4.87. The van der Waals surface area contributed by atoms with Gasteiger partial charge in [0.25, 0.3) is 0 Å². The molecule has 1 heterocycles. The Morgan fingerprint density at radius 1 is 1.23 bits per heavy atom. The molecule has 1 aliphatic rings. The first-order valence-electron chi connectivity index (χ1n) is 10.6. The van der Waals surface area contributed by atoms with Gasteiger partial charge in [0.15, 0.2) is 0 Å². The summed E-state index contributed by atoms with van der Waals surface area (Å²) in [6.07, 6.45) is 0.180. The maximum Gasteiger partial charge on any atom is 0.333 e. The van der Waals surface area contributed by atoms with Crippen LogP contribution in [0, 0.1) is 5.41 Å². The van der Waals surface area contributed by atoms with Crippen molar-refractivity contribution in [1.82, 2.24) is 15.8 Å². The molecule has 0 aromatic heterocycles. The van der Waals surface area contributed by atoms with E-state index in [4.69, 9.17) is 9.47 Å². The second kappa shape index (κ2) is 9.94. The molecule has 3 atom stereocenters. The van der Waals surface area contributed by atoms with Gasteiger partial charge in [-0.1, -0.05) is 70.7 Å². The van der Waals surface area contributed by atoms with Gasteiger partial charge >= 0.3 is 6.03 Å². The van der Waals surface area contributed by atoms with E-state index in [1.165, 1.54) is 5.01 Å². The predicted octanol–water partition coefficient (Wildman–Crippen LogP) is 3.33. The van der Waals surface area contributed by atoms with Crippen molar-refractivity contribution in [2.75, 3.05) is 13.2 Å². The van der Waals surface area contributed by atoms with Crippen molar-refractivity contribution in [3.8, 4) is 0 Å². The van der Waals surface area contributed by atoms with Gasteiger partial charge in [0.05, 0.1) is 12.6 Å². The van der Waals surface area contributed by atoms with Crippen LogP contribution in [0.1, 0.15) is 33.3 Å². The predicted molar refractivity (Wildman–Crippen MR) is 120 cm³/mol. The van der Waals surface area contributed by atoms with Crippen LogP contribution in [0.4, 0.5) is 4.79 Å². The summed E-state index contributed by atoms with van der Waals surface area (Å²) >= 11 is 0. The molecule has 1 aliphatic heterocycles. The Morgan fingerprint density at radius 2 is 1.87 bits per heavy atom. The van der Waals surface area contributed by atoms with Crippen LogP contribution < -0.4 is 10.7 Å². The van der Waals surface area contributed by atoms with Crippen LogP contribution in [0.2, 0.25) is 19.6 Å². The van der Waals surface area contributed by atoms with E-state index >= 15 is 0 Å². The summed E-state index contributed by atoms with van der Waals surface area (Å²) in [6, 6.07) is 9.26. The third kappa shape index (κ3) is 6.82. The van der Waals surface area contributed by atoms with Crippen LogP contribution in [-0.2, 0) is 20.7 Å². The zero-order chi connectivity index (χ0) is 22.5. The van der Waals surface area contributed by atoms with E-state index in [1.807, 2.05) is 58.0 Å². The number of urea groups is 1. The van der Waals surface area contributed by atoms with Crippen molar-refractivity contribution in [1.29, 1.82) is 0 Å². The van der Waals surface area contributed by atoms with Gasteiger partial charge in [0.1, 0.15) is 20.1 Å². The van der Waals surface area contributed by atoms with Gasteiger partial charge < -0.3 is 14.8 Å². The van der Waals surface area contributed by atoms with Gasteiger partial charge in [-0.15, -0.1) is 0 Å². The van der Waals surface area contributed by atoms with E-state index in [2.05, 4.69) is 30.4 Å². The third-order valence-corrected chi connectivity index (χ3v) is 6.59. The molecule has 2 rings (SSSR count). The number of hydrogen-bond acceptors (Lipinski definition) is 4. The summed E-state index contributed by atoms with van der Waals surface area (Å²) in [5.41, 5.74) is 3.16. The number of nitrogens with zero attached hydrogens (tertiary/aromatic N) is 1. The Hall–Kier alpha value is -1.90. The highest BCUT2D eigenvalue weighted by Crippen LogP contribution is 2.22. The van der Waals surface area contributed by atoms with Crippen molar-refractivity contribution in [2.24, 2.45) is 5.41 Å². The quantitative estimate of drug-likeness (QED) is 0.509. The molecule has 1 aromatic rings. The monoisotopic (exact) mass is 435 g/mol. The first kappa shape index (κ1) is 24.4. The fourth-order valence-corrected chi connectivity index (χ4v) is 4.55. The first-order chi connectivity index (χ1) is 13.9. The normalized spacial score (nSPS) is 21.4. The van der Waals surface area contributed by atoms with Crippen LogP contribution in [0.25, 0.3) is 0 Å². The number of amides is 3. The van der Waals surface area contributed by atoms with Gasteiger partial charge in [0.2, 0.25) is 5.91 Å². The number of carbonyl (C=O) groups is 2. The summed E-state index contributed by atoms with van der Waals surface area (Å²) in [5, 5.41) is 4.39. The van der Waals surface area contributed by atoms with Gasteiger partial charge in [-0.25, -0.2) is 15.2 Å². The molecular formula is C22H37N3O4Si. The molecular weight excluding hydrogens is 398 g/mol. The molecule has 1 fully saturated rings. The Morgan fingerprint density at radius 3 is 2.40 bits per heavy atom. The highest BCUT2D eigenvalue weighted by atomic mass is 28.3. The average molecular weight is 436 g/mol. The largest absolute Gasteiger partial charge is 0.357 e. The minimum atomic E-state index is -1.81. The van der Waals surface area contributed by atoms with Crippen LogP contribution in [0.3, 0.4) is 0 Å². The molecule has 0 saturated carbocycles. The number of hydrogen-bond donors (Lipinski definition) is 2. The van der Waals surface area contributed by atoms with Gasteiger partial charge in [0, 0.05) is 12.0 Å². The molecule has 8 heteroatoms. The molecule has 2 N–H and O–H groups in total. The molecule has 0 bridgehead atoms. The highest BCUT2D eigenvalue weighted by Gasteiger charge is 2.40. The molecule has 1 unspecified atom stereocenters. The Kier molecular flexibility index (Phi) is 8.07. The average Bonchev–Trinajstić information content (AvgIpc) is 2.78. The lowest BCUT2D eigenvalue weighted by Gasteiger charge is -2.36. The lowest BCUT2D eigenvalue weighted by molar-refractivity contribution is -0.154.